The average Bonchev–Trinajstić information content (AvgIpc) is 2.35. The number of nitrogens with zero attached hydrogens (tertiary/aromatic N) is 1. The molecule has 1 N–H and O–H groups in total. The lowest BCUT2D eigenvalue weighted by molar-refractivity contribution is 1.41. The Hall–Kier alpha value is -0.730. The van der Waals surface area contributed by atoms with E-state index in [1.165, 1.54) is 0 Å². The van der Waals surface area contributed by atoms with Crippen LogP contribution in [0.1, 0.15) is 0 Å². The fraction of sp³-hybridized carbons (Fsp3) is 0. The number of H-pyrrole nitrogens is 1. The number of hydrogen-bond acceptors (Lipinski definition) is 1. The highest BCUT2D eigenvalue weighted by Crippen LogP contribution is 2.25. The first-order valence-corrected chi connectivity index (χ1v) is 3.82. The summed E-state index contributed by atoms with van der Waals surface area (Å²) in [5.74, 6) is 0. The van der Waals surface area contributed by atoms with Gasteiger partial charge in [0.05, 0.1) is 15.6 Å². The Balaban J connectivity index is 2.94. The second-order valence-corrected chi connectivity index (χ2v) is 2.97. The van der Waals surface area contributed by atoms with Crippen LogP contribution in [0.2, 0.25) is 10.0 Å². The summed E-state index contributed by atoms with van der Waals surface area (Å²) >= 11 is 11.6. The molecule has 0 amide bonds. The van der Waals surface area contributed by atoms with Crippen molar-refractivity contribution in [1.29, 1.82) is 0 Å². The molecule has 2 nitrogen and oxygen atoms in total. The Labute approximate surface area is 73.1 Å². The molecule has 0 saturated carbocycles. The molecule has 0 fully saturated rings. The van der Waals surface area contributed by atoms with Gasteiger partial charge in [-0.2, -0.15) is 0 Å². The molecule has 4 heteroatoms. The van der Waals surface area contributed by atoms with Crippen molar-refractivity contribution in [2.24, 2.45) is 0 Å². The SMILES string of the molecule is Clc1c[nH]c2c(Cl)ccnc12. The minimum Gasteiger partial charge on any atom is -0.357 e. The fourth-order valence-corrected chi connectivity index (χ4v) is 1.36. The van der Waals surface area contributed by atoms with Crippen LogP contribution in [0.3, 0.4) is 0 Å². The molecule has 56 valence electrons. The van der Waals surface area contributed by atoms with E-state index in [2.05, 4.69) is 9.97 Å². The minimum absolute atomic E-state index is 0.600. The maximum atomic E-state index is 5.84. The third kappa shape index (κ3) is 0.988. The van der Waals surface area contributed by atoms with Gasteiger partial charge in [0.2, 0.25) is 0 Å². The summed E-state index contributed by atoms with van der Waals surface area (Å²) in [6.45, 7) is 0. The number of nitrogens with one attached hydrogen (secondary N) is 1. The Morgan fingerprint density at radius 1 is 1.27 bits per heavy atom. The number of aromatic nitrogens is 2. The zero-order valence-corrected chi connectivity index (χ0v) is 6.95. The Morgan fingerprint density at radius 3 is 2.82 bits per heavy atom. The van der Waals surface area contributed by atoms with Crippen LogP contribution in [0.15, 0.2) is 18.5 Å². The van der Waals surface area contributed by atoms with Crippen molar-refractivity contribution in [1.82, 2.24) is 9.97 Å². The molecule has 0 aromatic carbocycles. The zero-order chi connectivity index (χ0) is 7.84. The lowest BCUT2D eigenvalue weighted by Gasteiger charge is -1.90. The predicted octanol–water partition coefficient (Wildman–Crippen LogP) is 2.87. The van der Waals surface area contributed by atoms with E-state index in [1.807, 2.05) is 0 Å². The summed E-state index contributed by atoms with van der Waals surface area (Å²) in [5, 5.41) is 1.24. The van der Waals surface area contributed by atoms with Crippen LogP contribution in [0.25, 0.3) is 11.0 Å². The minimum atomic E-state index is 0.600. The average molecular weight is 187 g/mol. The second kappa shape index (κ2) is 2.40. The molecule has 0 unspecified atom stereocenters. The number of rotatable bonds is 0. The van der Waals surface area contributed by atoms with Gasteiger partial charge in [0.15, 0.2) is 0 Å². The highest BCUT2D eigenvalue weighted by molar-refractivity contribution is 6.38. The molecule has 0 radical (unpaired) electrons. The van der Waals surface area contributed by atoms with Crippen molar-refractivity contribution in [3.8, 4) is 0 Å². The molecule has 0 bridgehead atoms. The molecular weight excluding hydrogens is 183 g/mol. The van der Waals surface area contributed by atoms with Gasteiger partial charge >= 0.3 is 0 Å². The molecule has 0 spiro atoms. The van der Waals surface area contributed by atoms with Crippen LogP contribution in [-0.2, 0) is 0 Å². The normalized spacial score (nSPS) is 10.7. The molecule has 0 saturated heterocycles. The molecule has 11 heavy (non-hydrogen) atoms. The largest absolute Gasteiger partial charge is 0.357 e. The molecule has 0 aliphatic heterocycles. The fourth-order valence-electron chi connectivity index (χ4n) is 0.961. The van der Waals surface area contributed by atoms with Crippen LogP contribution in [0.5, 0.6) is 0 Å². The Bertz CT molecular complexity index is 394. The van der Waals surface area contributed by atoms with E-state index in [0.29, 0.717) is 10.0 Å². The maximum absolute atomic E-state index is 5.84. The standard InChI is InChI=1S/C7H4Cl2N2/c8-4-1-2-10-7-5(9)3-11-6(4)7/h1-3,11H. The third-order valence-electron chi connectivity index (χ3n) is 1.47. The Kier molecular flexibility index (Phi) is 1.51. The molecule has 0 aliphatic rings. The van der Waals surface area contributed by atoms with E-state index < -0.39 is 0 Å². The summed E-state index contributed by atoms with van der Waals surface area (Å²) in [5.41, 5.74) is 1.51. The van der Waals surface area contributed by atoms with Crippen molar-refractivity contribution in [2.75, 3.05) is 0 Å². The van der Waals surface area contributed by atoms with Crippen LogP contribution < -0.4 is 0 Å². The topological polar surface area (TPSA) is 28.7 Å². The number of aromatic amines is 1. The van der Waals surface area contributed by atoms with Crippen LogP contribution >= 0.6 is 23.2 Å². The predicted molar refractivity (Wildman–Crippen MR) is 46.1 cm³/mol. The van der Waals surface area contributed by atoms with Gasteiger partial charge in [-0.25, -0.2) is 0 Å². The molecule has 0 aliphatic carbocycles. The quantitative estimate of drug-likeness (QED) is 0.674. The van der Waals surface area contributed by atoms with Crippen molar-refractivity contribution >= 4 is 34.2 Å². The van der Waals surface area contributed by atoms with Crippen LogP contribution in [-0.4, -0.2) is 9.97 Å². The highest BCUT2D eigenvalue weighted by Gasteiger charge is 2.03. The van der Waals surface area contributed by atoms with E-state index >= 15 is 0 Å². The molecule has 2 heterocycles. The van der Waals surface area contributed by atoms with E-state index in [-0.39, 0.29) is 0 Å². The zero-order valence-electron chi connectivity index (χ0n) is 5.44. The lowest BCUT2D eigenvalue weighted by Crippen LogP contribution is -1.74. The second-order valence-electron chi connectivity index (χ2n) is 2.15. The van der Waals surface area contributed by atoms with Crippen LogP contribution in [0, 0.1) is 0 Å². The molecule has 0 atom stereocenters. The van der Waals surface area contributed by atoms with E-state index in [0.717, 1.165) is 11.0 Å². The summed E-state index contributed by atoms with van der Waals surface area (Å²) in [6.07, 6.45) is 3.30. The lowest BCUT2D eigenvalue weighted by atomic mass is 10.4. The van der Waals surface area contributed by atoms with Crippen molar-refractivity contribution in [2.45, 2.75) is 0 Å². The van der Waals surface area contributed by atoms with Gasteiger partial charge in [0, 0.05) is 12.4 Å². The molecule has 2 aromatic heterocycles. The number of hydrogen-bond donors (Lipinski definition) is 1. The first-order chi connectivity index (χ1) is 5.29. The summed E-state index contributed by atoms with van der Waals surface area (Å²) in [4.78, 5) is 6.98. The van der Waals surface area contributed by atoms with Gasteiger partial charge in [-0.15, -0.1) is 0 Å². The van der Waals surface area contributed by atoms with Gasteiger partial charge in [-0.1, -0.05) is 23.2 Å². The molecule has 2 rings (SSSR count). The first kappa shape index (κ1) is 6.95. The van der Waals surface area contributed by atoms with Crippen molar-refractivity contribution in [3.05, 3.63) is 28.5 Å². The summed E-state index contributed by atoms with van der Waals surface area (Å²) in [7, 11) is 0. The van der Waals surface area contributed by atoms with Gasteiger partial charge in [-0.05, 0) is 6.07 Å². The Morgan fingerprint density at radius 2 is 2.09 bits per heavy atom. The third-order valence-corrected chi connectivity index (χ3v) is 2.07. The van der Waals surface area contributed by atoms with Crippen LogP contribution in [0.4, 0.5) is 0 Å². The van der Waals surface area contributed by atoms with E-state index in [9.17, 15) is 0 Å². The summed E-state index contributed by atoms with van der Waals surface area (Å²) in [6, 6.07) is 1.72. The van der Waals surface area contributed by atoms with Gasteiger partial charge in [-0.3, -0.25) is 4.98 Å². The number of halogens is 2. The maximum Gasteiger partial charge on any atom is 0.108 e. The van der Waals surface area contributed by atoms with E-state index in [4.69, 9.17) is 23.2 Å². The number of pyridine rings is 1. The van der Waals surface area contributed by atoms with E-state index in [1.54, 1.807) is 18.5 Å². The van der Waals surface area contributed by atoms with Crippen molar-refractivity contribution < 1.29 is 0 Å². The van der Waals surface area contributed by atoms with Gasteiger partial charge < -0.3 is 4.98 Å². The molecule has 2 aromatic rings. The van der Waals surface area contributed by atoms with Crippen molar-refractivity contribution in [3.63, 3.8) is 0 Å². The summed E-state index contributed by atoms with van der Waals surface area (Å²) < 4.78 is 0. The van der Waals surface area contributed by atoms with Gasteiger partial charge in [0.25, 0.3) is 0 Å². The molecular formula is C7H4Cl2N2. The van der Waals surface area contributed by atoms with Gasteiger partial charge in [0.1, 0.15) is 5.52 Å². The first-order valence-electron chi connectivity index (χ1n) is 3.06. The number of fused-ring (bicyclic) bond motifs is 1. The smallest absolute Gasteiger partial charge is 0.108 e. The monoisotopic (exact) mass is 186 g/mol. The highest BCUT2D eigenvalue weighted by atomic mass is 35.5.